The maximum Gasteiger partial charge on any atom is 0.193 e. The zero-order valence-electron chi connectivity index (χ0n) is 17.6. The largest absolute Gasteiger partial charge is 0.494 e. The first kappa shape index (κ1) is 21.5. The van der Waals surface area contributed by atoms with Gasteiger partial charge < -0.3 is 24.8 Å². The Labute approximate surface area is 165 Å². The molecule has 1 N–H and O–H groups in total. The minimum absolute atomic E-state index is 0.698. The monoisotopic (exact) mass is 375 g/mol. The predicted octanol–water partition coefficient (Wildman–Crippen LogP) is 2.12. The summed E-state index contributed by atoms with van der Waals surface area (Å²) in [7, 11) is 6.15. The summed E-state index contributed by atoms with van der Waals surface area (Å²) in [5.41, 5.74) is 1.25. The fourth-order valence-corrected chi connectivity index (χ4v) is 3.42. The SMILES string of the molecule is CCOc1ccc(CN(C)C(=NC)NCCCN2CCCN(C)CC2)cc1. The van der Waals surface area contributed by atoms with Gasteiger partial charge in [0.1, 0.15) is 5.75 Å². The summed E-state index contributed by atoms with van der Waals surface area (Å²) in [5, 5.41) is 3.50. The molecule has 1 aromatic rings. The van der Waals surface area contributed by atoms with E-state index in [-0.39, 0.29) is 0 Å². The van der Waals surface area contributed by atoms with Gasteiger partial charge in [0.2, 0.25) is 0 Å². The summed E-state index contributed by atoms with van der Waals surface area (Å²) in [6, 6.07) is 8.29. The predicted molar refractivity (Wildman–Crippen MR) is 114 cm³/mol. The molecule has 1 fully saturated rings. The highest BCUT2D eigenvalue weighted by molar-refractivity contribution is 5.79. The lowest BCUT2D eigenvalue weighted by molar-refractivity contribution is 0.273. The summed E-state index contributed by atoms with van der Waals surface area (Å²) in [6.07, 6.45) is 2.41. The Morgan fingerprint density at radius 2 is 1.96 bits per heavy atom. The van der Waals surface area contributed by atoms with Crippen molar-refractivity contribution in [2.45, 2.75) is 26.3 Å². The number of hydrogen-bond donors (Lipinski definition) is 1. The van der Waals surface area contributed by atoms with E-state index in [4.69, 9.17) is 4.74 Å². The van der Waals surface area contributed by atoms with Crippen molar-refractivity contribution in [3.05, 3.63) is 29.8 Å². The molecule has 0 bridgehead atoms. The van der Waals surface area contributed by atoms with E-state index in [0.29, 0.717) is 6.61 Å². The van der Waals surface area contributed by atoms with Crippen LogP contribution in [0, 0.1) is 0 Å². The standard InChI is InChI=1S/C21H37N5O/c1-5-27-20-10-8-19(9-11-20)18-25(4)21(22-2)23-12-6-14-26-15-7-13-24(3)16-17-26/h8-11H,5-7,12-18H2,1-4H3,(H,22,23). The fraction of sp³-hybridized carbons (Fsp3) is 0.667. The lowest BCUT2D eigenvalue weighted by Gasteiger charge is -2.23. The highest BCUT2D eigenvalue weighted by Gasteiger charge is 2.12. The Balaban J connectivity index is 1.70. The molecule has 2 rings (SSSR count). The zero-order chi connectivity index (χ0) is 19.5. The molecule has 0 spiro atoms. The first-order valence-corrected chi connectivity index (χ1v) is 10.2. The summed E-state index contributed by atoms with van der Waals surface area (Å²) in [6.45, 7) is 10.4. The van der Waals surface area contributed by atoms with Gasteiger partial charge in [0.15, 0.2) is 5.96 Å². The number of hydrogen-bond acceptors (Lipinski definition) is 4. The van der Waals surface area contributed by atoms with Gasteiger partial charge in [-0.2, -0.15) is 0 Å². The molecule has 0 atom stereocenters. The van der Waals surface area contributed by atoms with Crippen molar-refractivity contribution in [3.63, 3.8) is 0 Å². The number of benzene rings is 1. The van der Waals surface area contributed by atoms with E-state index in [2.05, 4.69) is 51.2 Å². The molecule has 1 heterocycles. The molecule has 6 heteroatoms. The number of rotatable bonds is 8. The van der Waals surface area contributed by atoms with Crippen molar-refractivity contribution < 1.29 is 4.74 Å². The average Bonchev–Trinajstić information content (AvgIpc) is 2.88. The van der Waals surface area contributed by atoms with Crippen LogP contribution in [0.15, 0.2) is 29.3 Å². The number of likely N-dealkylation sites (N-methyl/N-ethyl adjacent to an activating group) is 1. The number of nitrogens with one attached hydrogen (secondary N) is 1. The molecular formula is C21H37N5O. The minimum atomic E-state index is 0.698. The molecule has 0 aliphatic carbocycles. The highest BCUT2D eigenvalue weighted by atomic mass is 16.5. The van der Waals surface area contributed by atoms with Crippen LogP contribution < -0.4 is 10.1 Å². The lowest BCUT2D eigenvalue weighted by atomic mass is 10.2. The molecule has 0 aromatic heterocycles. The Kier molecular flexibility index (Phi) is 9.42. The number of aliphatic imine (C=N–C) groups is 1. The van der Waals surface area contributed by atoms with Crippen molar-refractivity contribution in [2.75, 3.05) is 67.0 Å². The smallest absolute Gasteiger partial charge is 0.193 e. The van der Waals surface area contributed by atoms with Crippen molar-refractivity contribution in [2.24, 2.45) is 4.99 Å². The Morgan fingerprint density at radius 1 is 1.19 bits per heavy atom. The molecule has 0 unspecified atom stereocenters. The van der Waals surface area contributed by atoms with Crippen molar-refractivity contribution in [3.8, 4) is 5.75 Å². The summed E-state index contributed by atoms with van der Waals surface area (Å²) in [5.74, 6) is 1.87. The van der Waals surface area contributed by atoms with Gasteiger partial charge in [-0.05, 0) is 64.1 Å². The molecule has 6 nitrogen and oxygen atoms in total. The van der Waals surface area contributed by atoms with E-state index in [0.717, 1.165) is 37.8 Å². The molecule has 0 radical (unpaired) electrons. The van der Waals surface area contributed by atoms with Gasteiger partial charge in [-0.25, -0.2) is 0 Å². The molecule has 152 valence electrons. The average molecular weight is 376 g/mol. The molecule has 27 heavy (non-hydrogen) atoms. The normalized spacial score (nSPS) is 16.8. The van der Waals surface area contributed by atoms with E-state index in [1.54, 1.807) is 0 Å². The Bertz CT molecular complexity index is 560. The third-order valence-corrected chi connectivity index (χ3v) is 4.97. The molecular weight excluding hydrogens is 338 g/mol. The summed E-state index contributed by atoms with van der Waals surface area (Å²) < 4.78 is 5.51. The third kappa shape index (κ3) is 7.77. The third-order valence-electron chi connectivity index (χ3n) is 4.97. The van der Waals surface area contributed by atoms with Crippen LogP contribution >= 0.6 is 0 Å². The molecule has 0 saturated carbocycles. The van der Waals surface area contributed by atoms with E-state index < -0.39 is 0 Å². The molecule has 1 aromatic carbocycles. The van der Waals surface area contributed by atoms with Gasteiger partial charge in [0, 0.05) is 40.3 Å². The van der Waals surface area contributed by atoms with Crippen LogP contribution in [-0.4, -0.2) is 87.7 Å². The van der Waals surface area contributed by atoms with Crippen LogP contribution in [0.5, 0.6) is 5.75 Å². The van der Waals surface area contributed by atoms with Gasteiger partial charge in [-0.1, -0.05) is 12.1 Å². The molecule has 1 aliphatic heterocycles. The van der Waals surface area contributed by atoms with E-state index in [9.17, 15) is 0 Å². The van der Waals surface area contributed by atoms with Crippen LogP contribution in [0.1, 0.15) is 25.3 Å². The summed E-state index contributed by atoms with van der Waals surface area (Å²) in [4.78, 5) is 11.6. The number of ether oxygens (including phenoxy) is 1. The molecule has 1 aliphatic rings. The Morgan fingerprint density at radius 3 is 2.67 bits per heavy atom. The second-order valence-electron chi connectivity index (χ2n) is 7.26. The van der Waals surface area contributed by atoms with Crippen LogP contribution in [0.25, 0.3) is 0 Å². The maximum atomic E-state index is 5.51. The van der Waals surface area contributed by atoms with Gasteiger partial charge in [-0.3, -0.25) is 4.99 Å². The van der Waals surface area contributed by atoms with Gasteiger partial charge in [-0.15, -0.1) is 0 Å². The van der Waals surface area contributed by atoms with Gasteiger partial charge in [0.25, 0.3) is 0 Å². The van der Waals surface area contributed by atoms with Crippen LogP contribution in [0.4, 0.5) is 0 Å². The van der Waals surface area contributed by atoms with Gasteiger partial charge >= 0.3 is 0 Å². The van der Waals surface area contributed by atoms with E-state index in [1.807, 2.05) is 26.1 Å². The lowest BCUT2D eigenvalue weighted by Crippen LogP contribution is -2.40. The van der Waals surface area contributed by atoms with Gasteiger partial charge in [0.05, 0.1) is 6.61 Å². The first-order valence-electron chi connectivity index (χ1n) is 10.2. The van der Waals surface area contributed by atoms with Crippen LogP contribution in [0.2, 0.25) is 0 Å². The fourth-order valence-electron chi connectivity index (χ4n) is 3.42. The number of nitrogens with zero attached hydrogens (tertiary/aromatic N) is 4. The van der Waals surface area contributed by atoms with Crippen molar-refractivity contribution >= 4 is 5.96 Å². The quantitative estimate of drug-likeness (QED) is 0.428. The highest BCUT2D eigenvalue weighted by Crippen LogP contribution is 2.13. The topological polar surface area (TPSA) is 43.3 Å². The summed E-state index contributed by atoms with van der Waals surface area (Å²) >= 11 is 0. The molecule has 0 amide bonds. The minimum Gasteiger partial charge on any atom is -0.494 e. The molecule has 1 saturated heterocycles. The van der Waals surface area contributed by atoms with Crippen LogP contribution in [0.3, 0.4) is 0 Å². The van der Waals surface area contributed by atoms with Crippen LogP contribution in [-0.2, 0) is 6.54 Å². The van der Waals surface area contributed by atoms with E-state index >= 15 is 0 Å². The first-order chi connectivity index (χ1) is 13.1. The zero-order valence-corrected chi connectivity index (χ0v) is 17.6. The van der Waals surface area contributed by atoms with Crippen molar-refractivity contribution in [1.29, 1.82) is 0 Å². The number of guanidine groups is 1. The second kappa shape index (κ2) is 11.8. The van der Waals surface area contributed by atoms with E-state index in [1.165, 1.54) is 38.2 Å². The maximum absolute atomic E-state index is 5.51. The Hall–Kier alpha value is -1.79. The second-order valence-corrected chi connectivity index (χ2v) is 7.26. The van der Waals surface area contributed by atoms with Crippen molar-refractivity contribution in [1.82, 2.24) is 20.0 Å².